The fraction of sp³-hybridized carbons (Fsp3) is 0.125. The highest BCUT2D eigenvalue weighted by Crippen LogP contribution is 2.30. The molecule has 2 aromatic carbocycles. The van der Waals surface area contributed by atoms with Gasteiger partial charge in [-0.15, -0.1) is 10.2 Å². The van der Waals surface area contributed by atoms with Crippen LogP contribution in [0.2, 0.25) is 0 Å². The number of rotatable bonds is 3. The van der Waals surface area contributed by atoms with Gasteiger partial charge in [-0.25, -0.2) is 0 Å². The van der Waals surface area contributed by atoms with Gasteiger partial charge in [0.15, 0.2) is 0 Å². The number of guanidine groups is 2. The predicted molar refractivity (Wildman–Crippen MR) is 91.9 cm³/mol. The van der Waals surface area contributed by atoms with Crippen LogP contribution in [0.1, 0.15) is 11.1 Å². The Morgan fingerprint density at radius 2 is 1.23 bits per heavy atom. The number of hydrogen-bond acceptors (Lipinski definition) is 2. The van der Waals surface area contributed by atoms with Crippen LogP contribution in [0.3, 0.4) is 0 Å². The fourth-order valence-electron chi connectivity index (χ4n) is 2.16. The Bertz CT molecular complexity index is 671. The number of para-hydroxylation sites is 2. The summed E-state index contributed by atoms with van der Waals surface area (Å²) in [4.78, 5) is 1.83. The van der Waals surface area contributed by atoms with Crippen molar-refractivity contribution in [1.82, 2.24) is 0 Å². The van der Waals surface area contributed by atoms with Gasteiger partial charge >= 0.3 is 0 Å². The Hall–Kier alpha value is -3.02. The van der Waals surface area contributed by atoms with Crippen LogP contribution < -0.4 is 22.1 Å². The summed E-state index contributed by atoms with van der Waals surface area (Å²) in [5.41, 5.74) is 20.7. The van der Waals surface area contributed by atoms with Gasteiger partial charge in [0, 0.05) is 0 Å². The lowest BCUT2D eigenvalue weighted by Gasteiger charge is -2.26. The van der Waals surface area contributed by atoms with Crippen LogP contribution in [0, 0.1) is 13.8 Å². The molecule has 0 saturated heterocycles. The van der Waals surface area contributed by atoms with E-state index < -0.39 is 0 Å². The lowest BCUT2D eigenvalue weighted by Crippen LogP contribution is -2.34. The summed E-state index contributed by atoms with van der Waals surface area (Å²) in [6.45, 7) is 4.02. The highest BCUT2D eigenvalue weighted by Gasteiger charge is 2.17. The minimum absolute atomic E-state index is 0.141. The largest absolute Gasteiger partial charge is 0.369 e. The summed E-state index contributed by atoms with van der Waals surface area (Å²) in [5, 5.41) is 7.57. The molecule has 0 radical (unpaired) electrons. The number of nitrogens with two attached hydrogens (primary N) is 3. The van der Waals surface area contributed by atoms with Crippen molar-refractivity contribution >= 4 is 23.3 Å². The van der Waals surface area contributed by atoms with Crippen LogP contribution in [0.15, 0.2) is 58.7 Å². The molecule has 2 rings (SSSR count). The molecule has 0 unspecified atom stereocenters. The zero-order valence-electron chi connectivity index (χ0n) is 12.7. The van der Waals surface area contributed by atoms with E-state index in [0.717, 1.165) is 22.5 Å². The minimum Gasteiger partial charge on any atom is -0.369 e. The van der Waals surface area contributed by atoms with Gasteiger partial charge in [0.25, 0.3) is 0 Å². The summed E-state index contributed by atoms with van der Waals surface area (Å²) in [6.07, 6.45) is 0. The van der Waals surface area contributed by atoms with E-state index in [0.29, 0.717) is 0 Å². The predicted octanol–water partition coefficient (Wildman–Crippen LogP) is 1.94. The van der Waals surface area contributed by atoms with Crippen molar-refractivity contribution in [3.05, 3.63) is 59.7 Å². The Morgan fingerprint density at radius 3 is 1.64 bits per heavy atom. The van der Waals surface area contributed by atoms with Gasteiger partial charge in [0.05, 0.1) is 11.4 Å². The number of aryl methyl sites for hydroxylation is 2. The van der Waals surface area contributed by atoms with Gasteiger partial charge < -0.3 is 17.2 Å². The smallest absolute Gasteiger partial charge is 0.225 e. The molecule has 22 heavy (non-hydrogen) atoms. The van der Waals surface area contributed by atoms with E-state index in [-0.39, 0.29) is 11.9 Å². The highest BCUT2D eigenvalue weighted by atomic mass is 15.4. The fourth-order valence-corrected chi connectivity index (χ4v) is 2.16. The van der Waals surface area contributed by atoms with Crippen LogP contribution >= 0.6 is 0 Å². The van der Waals surface area contributed by atoms with Gasteiger partial charge in [0.1, 0.15) is 0 Å². The number of nitrogens with zero attached hydrogens (tertiary/aromatic N) is 3. The molecule has 6 N–H and O–H groups in total. The molecular formula is C16H20N6. The molecule has 2 aromatic rings. The summed E-state index contributed by atoms with van der Waals surface area (Å²) in [6, 6.07) is 15.8. The molecule has 0 heterocycles. The number of benzene rings is 2. The number of anilines is 2. The van der Waals surface area contributed by atoms with E-state index in [1.54, 1.807) is 0 Å². The van der Waals surface area contributed by atoms with E-state index in [2.05, 4.69) is 10.2 Å². The maximum atomic E-state index is 6.13. The van der Waals surface area contributed by atoms with Gasteiger partial charge in [-0.1, -0.05) is 36.4 Å². The molecule has 6 heteroatoms. The normalized spacial score (nSPS) is 11.1. The van der Waals surface area contributed by atoms with Crippen molar-refractivity contribution in [3.8, 4) is 0 Å². The third-order valence-electron chi connectivity index (χ3n) is 3.21. The van der Waals surface area contributed by atoms with Crippen molar-refractivity contribution in [1.29, 1.82) is 0 Å². The van der Waals surface area contributed by atoms with E-state index >= 15 is 0 Å². The molecule has 0 amide bonds. The van der Waals surface area contributed by atoms with Gasteiger partial charge in [-0.2, -0.15) is 0 Å². The van der Waals surface area contributed by atoms with Gasteiger partial charge in [-0.05, 0) is 37.1 Å². The van der Waals surface area contributed by atoms with E-state index in [1.807, 2.05) is 67.3 Å². The number of hydrogen-bond donors (Lipinski definition) is 3. The average molecular weight is 296 g/mol. The van der Waals surface area contributed by atoms with Crippen molar-refractivity contribution in [2.75, 3.05) is 4.90 Å². The van der Waals surface area contributed by atoms with Crippen LogP contribution in [0.5, 0.6) is 0 Å². The first kappa shape index (κ1) is 15.4. The third kappa shape index (κ3) is 3.35. The second-order valence-electron chi connectivity index (χ2n) is 4.89. The average Bonchev–Trinajstić information content (AvgIpc) is 2.49. The maximum absolute atomic E-state index is 6.13. The minimum atomic E-state index is -0.141. The molecule has 0 aliphatic heterocycles. The van der Waals surface area contributed by atoms with Crippen molar-refractivity contribution in [3.63, 3.8) is 0 Å². The summed E-state index contributed by atoms with van der Waals surface area (Å²) in [5.74, 6) is 0.0504. The van der Waals surface area contributed by atoms with E-state index in [1.165, 1.54) is 0 Å². The van der Waals surface area contributed by atoms with Crippen molar-refractivity contribution in [2.45, 2.75) is 13.8 Å². The summed E-state index contributed by atoms with van der Waals surface area (Å²) < 4.78 is 0. The molecular weight excluding hydrogens is 276 g/mol. The molecule has 0 bridgehead atoms. The molecule has 0 fully saturated rings. The SMILES string of the molecule is Cc1ccccc1N(C(N)=NN=C(N)N)c1ccccc1C. The van der Waals surface area contributed by atoms with Crippen molar-refractivity contribution < 1.29 is 0 Å². The van der Waals surface area contributed by atoms with Gasteiger partial charge in [0.2, 0.25) is 11.9 Å². The first-order valence-corrected chi connectivity index (χ1v) is 6.84. The van der Waals surface area contributed by atoms with Crippen LogP contribution in [-0.4, -0.2) is 11.9 Å². The van der Waals surface area contributed by atoms with Crippen LogP contribution in [0.4, 0.5) is 11.4 Å². The molecule has 0 aliphatic carbocycles. The Morgan fingerprint density at radius 1 is 0.773 bits per heavy atom. The van der Waals surface area contributed by atoms with E-state index in [4.69, 9.17) is 17.2 Å². The third-order valence-corrected chi connectivity index (χ3v) is 3.21. The lowest BCUT2D eigenvalue weighted by atomic mass is 10.1. The van der Waals surface area contributed by atoms with Gasteiger partial charge in [-0.3, -0.25) is 4.90 Å². The standard InChI is InChI=1S/C16H20N6/c1-11-7-3-5-9-13(11)22(16(19)21-20-15(17)18)14-10-6-4-8-12(14)2/h3-10H,1-2H3,(H2,19,21)(H4,17,18,20). The zero-order chi connectivity index (χ0) is 16.1. The first-order chi connectivity index (χ1) is 10.5. The molecule has 6 nitrogen and oxygen atoms in total. The topological polar surface area (TPSA) is 106 Å². The Kier molecular flexibility index (Phi) is 4.63. The van der Waals surface area contributed by atoms with Crippen molar-refractivity contribution in [2.24, 2.45) is 27.4 Å². The first-order valence-electron chi connectivity index (χ1n) is 6.84. The van der Waals surface area contributed by atoms with E-state index in [9.17, 15) is 0 Å². The highest BCUT2D eigenvalue weighted by molar-refractivity contribution is 6.03. The molecule has 0 spiro atoms. The molecule has 0 saturated carbocycles. The second kappa shape index (κ2) is 6.62. The summed E-state index contributed by atoms with van der Waals surface area (Å²) in [7, 11) is 0. The van der Waals surface area contributed by atoms with Crippen LogP contribution in [-0.2, 0) is 0 Å². The lowest BCUT2D eigenvalue weighted by molar-refractivity contribution is 1.14. The monoisotopic (exact) mass is 296 g/mol. The molecule has 0 atom stereocenters. The molecule has 114 valence electrons. The molecule has 0 aliphatic rings. The summed E-state index contributed by atoms with van der Waals surface area (Å²) >= 11 is 0. The quantitative estimate of drug-likeness (QED) is 0.457. The Labute approximate surface area is 129 Å². The van der Waals surface area contributed by atoms with Crippen LogP contribution in [0.25, 0.3) is 0 Å². The Balaban J connectivity index is 2.61. The molecule has 0 aromatic heterocycles. The maximum Gasteiger partial charge on any atom is 0.225 e. The zero-order valence-corrected chi connectivity index (χ0v) is 12.7. The second-order valence-corrected chi connectivity index (χ2v) is 4.89.